The fourth-order valence-electron chi connectivity index (χ4n) is 5.99. The molecule has 4 aromatic rings. The first-order chi connectivity index (χ1) is 16.2. The van der Waals surface area contributed by atoms with E-state index in [4.69, 9.17) is 0 Å². The summed E-state index contributed by atoms with van der Waals surface area (Å²) in [5, 5.41) is 1.40. The summed E-state index contributed by atoms with van der Waals surface area (Å²) in [5.74, 6) is 0.198. The molecule has 166 valence electrons. The molecule has 1 amide bonds. The zero-order valence-corrected chi connectivity index (χ0v) is 19.3. The Morgan fingerprint density at radius 2 is 1.76 bits per heavy atom. The van der Waals surface area contributed by atoms with Crippen LogP contribution >= 0.6 is 0 Å². The largest absolute Gasteiger partial charge is 0.341 e. The third-order valence-electron chi connectivity index (χ3n) is 7.56. The molecule has 1 aliphatic carbocycles. The fraction of sp³-hybridized carbons (Fsp3) is 0.300. The van der Waals surface area contributed by atoms with Gasteiger partial charge in [0.2, 0.25) is 0 Å². The number of carbonyl (C=O) groups excluding carboxylic acids is 1. The van der Waals surface area contributed by atoms with Gasteiger partial charge < -0.3 is 9.47 Å². The fourth-order valence-corrected chi connectivity index (χ4v) is 5.99. The van der Waals surface area contributed by atoms with Gasteiger partial charge in [0.05, 0.1) is 6.04 Å². The molecule has 0 unspecified atom stereocenters. The lowest BCUT2D eigenvalue weighted by atomic mass is 9.88. The van der Waals surface area contributed by atoms with E-state index >= 15 is 0 Å². The van der Waals surface area contributed by atoms with E-state index in [2.05, 4.69) is 77.1 Å². The van der Waals surface area contributed by atoms with Crippen LogP contribution in [0.3, 0.4) is 0 Å². The summed E-state index contributed by atoms with van der Waals surface area (Å²) in [7, 11) is 0. The maximum atomic E-state index is 13.9. The van der Waals surface area contributed by atoms with Crippen molar-refractivity contribution in [1.29, 1.82) is 0 Å². The quantitative estimate of drug-likeness (QED) is 0.372. The summed E-state index contributed by atoms with van der Waals surface area (Å²) >= 11 is 0. The minimum atomic E-state index is 0.185. The van der Waals surface area contributed by atoms with Gasteiger partial charge >= 0.3 is 0 Å². The van der Waals surface area contributed by atoms with Gasteiger partial charge in [0, 0.05) is 35.2 Å². The van der Waals surface area contributed by atoms with Crippen LogP contribution < -0.4 is 0 Å². The van der Waals surface area contributed by atoms with E-state index in [0.717, 1.165) is 56.3 Å². The molecule has 0 fully saturated rings. The van der Waals surface area contributed by atoms with Crippen LogP contribution in [0.4, 0.5) is 0 Å². The molecule has 1 atom stereocenters. The standard InChI is InChI=1S/C30H30N2O/c1-21-14-17-27-26(20-21)25-12-7-13-28-29(25)31(27)18-19-32(28)30(33)24-11-6-5-10-23(24)16-15-22-8-3-2-4-9-22/h2-6,8-11,14,17,20,28H,7,12-13,15-16,18-19H2,1H3/t28-/m0/s1. The predicted octanol–water partition coefficient (Wildman–Crippen LogP) is 6.27. The van der Waals surface area contributed by atoms with Crippen LogP contribution in [0.15, 0.2) is 72.8 Å². The highest BCUT2D eigenvalue weighted by atomic mass is 16.2. The molecule has 6 rings (SSSR count). The van der Waals surface area contributed by atoms with Gasteiger partial charge in [-0.25, -0.2) is 0 Å². The van der Waals surface area contributed by atoms with Crippen LogP contribution in [-0.2, 0) is 25.8 Å². The highest BCUT2D eigenvalue weighted by molar-refractivity contribution is 5.96. The number of amides is 1. The molecule has 1 aromatic heterocycles. The third kappa shape index (κ3) is 3.47. The van der Waals surface area contributed by atoms with Gasteiger partial charge in [0.25, 0.3) is 5.91 Å². The van der Waals surface area contributed by atoms with Crippen molar-refractivity contribution in [3.63, 3.8) is 0 Å². The van der Waals surface area contributed by atoms with Gasteiger partial charge in [0.1, 0.15) is 0 Å². The first kappa shape index (κ1) is 20.3. The highest BCUT2D eigenvalue weighted by Gasteiger charge is 2.37. The Hall–Kier alpha value is -3.33. The van der Waals surface area contributed by atoms with Crippen LogP contribution in [0.1, 0.15) is 57.2 Å². The van der Waals surface area contributed by atoms with Crippen molar-refractivity contribution in [2.24, 2.45) is 0 Å². The second-order valence-corrected chi connectivity index (χ2v) is 9.59. The smallest absolute Gasteiger partial charge is 0.254 e. The van der Waals surface area contributed by atoms with Crippen molar-refractivity contribution in [2.75, 3.05) is 6.54 Å². The second-order valence-electron chi connectivity index (χ2n) is 9.59. The number of carbonyl (C=O) groups is 1. The lowest BCUT2D eigenvalue weighted by Gasteiger charge is -2.40. The molecular formula is C30H30N2O. The van der Waals surface area contributed by atoms with Crippen LogP contribution in [0.2, 0.25) is 0 Å². The molecule has 0 N–H and O–H groups in total. The summed E-state index contributed by atoms with van der Waals surface area (Å²) < 4.78 is 2.50. The van der Waals surface area contributed by atoms with E-state index < -0.39 is 0 Å². The molecule has 2 heterocycles. The first-order valence-corrected chi connectivity index (χ1v) is 12.2. The number of rotatable bonds is 4. The van der Waals surface area contributed by atoms with Gasteiger partial charge in [-0.1, -0.05) is 60.2 Å². The summed E-state index contributed by atoms with van der Waals surface area (Å²) in [6, 6.07) is 25.8. The molecular weight excluding hydrogens is 404 g/mol. The molecule has 0 spiro atoms. The molecule has 3 heteroatoms. The maximum Gasteiger partial charge on any atom is 0.254 e. The Labute approximate surface area is 195 Å². The normalized spacial score (nSPS) is 17.2. The number of hydrogen-bond acceptors (Lipinski definition) is 1. The Morgan fingerprint density at radius 3 is 2.64 bits per heavy atom. The van der Waals surface area contributed by atoms with Crippen molar-refractivity contribution in [2.45, 2.75) is 51.6 Å². The molecule has 3 aromatic carbocycles. The van der Waals surface area contributed by atoms with Gasteiger partial charge in [-0.3, -0.25) is 4.79 Å². The van der Waals surface area contributed by atoms with Crippen LogP contribution in [0.5, 0.6) is 0 Å². The average Bonchev–Trinajstić information content (AvgIpc) is 3.18. The Kier molecular flexibility index (Phi) is 5.05. The molecule has 0 saturated carbocycles. The van der Waals surface area contributed by atoms with Crippen LogP contribution in [-0.4, -0.2) is 21.9 Å². The van der Waals surface area contributed by atoms with Gasteiger partial charge in [0.15, 0.2) is 0 Å². The minimum absolute atomic E-state index is 0.185. The third-order valence-corrected chi connectivity index (χ3v) is 7.56. The summed E-state index contributed by atoms with van der Waals surface area (Å²) in [6.45, 7) is 3.83. The monoisotopic (exact) mass is 434 g/mol. The highest BCUT2D eigenvalue weighted by Crippen LogP contribution is 2.43. The molecule has 3 nitrogen and oxygen atoms in total. The van der Waals surface area contributed by atoms with E-state index in [0.29, 0.717) is 0 Å². The van der Waals surface area contributed by atoms with E-state index in [1.165, 1.54) is 33.3 Å². The summed E-state index contributed by atoms with van der Waals surface area (Å²) in [4.78, 5) is 16.1. The number of aromatic nitrogens is 1. The zero-order valence-electron chi connectivity index (χ0n) is 19.3. The molecule has 2 aliphatic rings. The van der Waals surface area contributed by atoms with E-state index in [1.54, 1.807) is 0 Å². The zero-order chi connectivity index (χ0) is 22.4. The lowest BCUT2D eigenvalue weighted by molar-refractivity contribution is 0.0600. The number of benzene rings is 3. The van der Waals surface area contributed by atoms with Crippen molar-refractivity contribution in [3.8, 4) is 0 Å². The number of aryl methyl sites for hydroxylation is 4. The van der Waals surface area contributed by atoms with E-state index in [-0.39, 0.29) is 11.9 Å². The van der Waals surface area contributed by atoms with Crippen molar-refractivity contribution in [1.82, 2.24) is 9.47 Å². The van der Waals surface area contributed by atoms with Crippen LogP contribution in [0.25, 0.3) is 10.9 Å². The van der Waals surface area contributed by atoms with Crippen LogP contribution in [0, 0.1) is 6.92 Å². The molecule has 0 radical (unpaired) electrons. The molecule has 0 bridgehead atoms. The molecule has 1 aliphatic heterocycles. The van der Waals surface area contributed by atoms with Crippen molar-refractivity contribution >= 4 is 16.8 Å². The number of hydrogen-bond donors (Lipinski definition) is 0. The topological polar surface area (TPSA) is 25.2 Å². The van der Waals surface area contributed by atoms with E-state index in [9.17, 15) is 4.79 Å². The van der Waals surface area contributed by atoms with E-state index in [1.807, 2.05) is 12.1 Å². The Bertz CT molecular complexity index is 1330. The molecule has 33 heavy (non-hydrogen) atoms. The number of fused-ring (bicyclic) bond motifs is 3. The number of nitrogens with zero attached hydrogens (tertiary/aromatic N) is 2. The Balaban J connectivity index is 1.33. The van der Waals surface area contributed by atoms with Gasteiger partial charge in [-0.05, 0) is 73.9 Å². The lowest BCUT2D eigenvalue weighted by Crippen LogP contribution is -2.43. The van der Waals surface area contributed by atoms with Gasteiger partial charge in [-0.2, -0.15) is 0 Å². The molecule has 0 saturated heterocycles. The summed E-state index contributed by atoms with van der Waals surface area (Å²) in [5.41, 5.74) is 8.86. The van der Waals surface area contributed by atoms with Crippen molar-refractivity contribution < 1.29 is 4.79 Å². The Morgan fingerprint density at radius 1 is 0.939 bits per heavy atom. The maximum absolute atomic E-state index is 13.9. The SMILES string of the molecule is Cc1ccc2c(c1)c1c3n2CCN(C(=O)c2ccccc2CCc2ccccc2)[C@H]3CCC1. The van der Waals surface area contributed by atoms with Crippen molar-refractivity contribution in [3.05, 3.63) is 106 Å². The van der Waals surface area contributed by atoms with Gasteiger partial charge in [-0.15, -0.1) is 0 Å². The average molecular weight is 435 g/mol. The second kappa shape index (κ2) is 8.22. The summed E-state index contributed by atoms with van der Waals surface area (Å²) in [6.07, 6.45) is 5.15. The minimum Gasteiger partial charge on any atom is -0.341 e. The first-order valence-electron chi connectivity index (χ1n) is 12.2. The predicted molar refractivity (Wildman–Crippen MR) is 134 cm³/mol.